The summed E-state index contributed by atoms with van der Waals surface area (Å²) in [5.74, 6) is -1.49. The van der Waals surface area contributed by atoms with Crippen LogP contribution in [0.1, 0.15) is 16.6 Å². The molecule has 1 aromatic heterocycles. The molecule has 0 aliphatic rings. The number of hydrogen-bond acceptors (Lipinski definition) is 5. The average molecular weight is 408 g/mol. The van der Waals surface area contributed by atoms with E-state index in [1.807, 2.05) is 48.5 Å². The highest BCUT2D eigenvalue weighted by atomic mass is 32.1. The molecule has 7 heteroatoms. The first-order chi connectivity index (χ1) is 14.0. The molecule has 0 fully saturated rings. The fourth-order valence-electron chi connectivity index (χ4n) is 2.64. The Hall–Kier alpha value is -3.45. The van der Waals surface area contributed by atoms with Crippen LogP contribution in [0.4, 0.5) is 5.69 Å². The molecule has 2 N–H and O–H groups in total. The number of thiophene rings is 1. The fourth-order valence-corrected chi connectivity index (χ4v) is 3.28. The third-order valence-electron chi connectivity index (χ3n) is 4.09. The number of ether oxygens (including phenoxy) is 1. The number of nitrogens with one attached hydrogen (secondary N) is 2. The molecule has 1 atom stereocenters. The molecule has 0 aliphatic heterocycles. The molecule has 3 aromatic rings. The van der Waals surface area contributed by atoms with Crippen molar-refractivity contribution in [3.8, 4) is 11.1 Å². The lowest BCUT2D eigenvalue weighted by Gasteiger charge is -2.16. The third-order valence-corrected chi connectivity index (χ3v) is 4.95. The molecule has 148 valence electrons. The van der Waals surface area contributed by atoms with Crippen LogP contribution in [0.3, 0.4) is 0 Å². The topological polar surface area (TPSA) is 84.5 Å². The Balaban J connectivity index is 1.56. The molecule has 2 amide bonds. The van der Waals surface area contributed by atoms with Crippen molar-refractivity contribution in [2.45, 2.75) is 13.0 Å². The number of esters is 1. The van der Waals surface area contributed by atoms with E-state index in [2.05, 4.69) is 10.6 Å². The second kappa shape index (κ2) is 9.66. The Labute approximate surface area is 172 Å². The Morgan fingerprint density at radius 1 is 0.966 bits per heavy atom. The highest BCUT2D eigenvalue weighted by Crippen LogP contribution is 2.27. The molecular weight excluding hydrogens is 388 g/mol. The molecule has 1 heterocycles. The van der Waals surface area contributed by atoms with E-state index in [0.717, 1.165) is 11.1 Å². The zero-order valence-corrected chi connectivity index (χ0v) is 16.6. The highest BCUT2D eigenvalue weighted by Gasteiger charge is 2.19. The van der Waals surface area contributed by atoms with Gasteiger partial charge in [0.1, 0.15) is 6.54 Å². The second-order valence-electron chi connectivity index (χ2n) is 6.19. The van der Waals surface area contributed by atoms with E-state index in [4.69, 9.17) is 4.74 Å². The van der Waals surface area contributed by atoms with E-state index in [0.29, 0.717) is 10.6 Å². The smallest absolute Gasteiger partial charge is 0.326 e. The van der Waals surface area contributed by atoms with Crippen molar-refractivity contribution in [1.29, 1.82) is 0 Å². The number of anilines is 1. The first-order valence-corrected chi connectivity index (χ1v) is 9.89. The monoisotopic (exact) mass is 408 g/mol. The van der Waals surface area contributed by atoms with Crippen molar-refractivity contribution >= 4 is 34.8 Å². The van der Waals surface area contributed by atoms with Crippen LogP contribution < -0.4 is 10.6 Å². The maximum atomic E-state index is 12.5. The van der Waals surface area contributed by atoms with E-state index in [-0.39, 0.29) is 12.5 Å². The molecular formula is C22H20N2O4S. The molecule has 29 heavy (non-hydrogen) atoms. The van der Waals surface area contributed by atoms with E-state index in [1.165, 1.54) is 18.3 Å². The van der Waals surface area contributed by atoms with Crippen LogP contribution in [0.25, 0.3) is 11.1 Å². The van der Waals surface area contributed by atoms with Crippen molar-refractivity contribution in [2.75, 3.05) is 11.9 Å². The van der Waals surface area contributed by atoms with E-state index >= 15 is 0 Å². The van der Waals surface area contributed by atoms with Gasteiger partial charge in [-0.1, -0.05) is 54.6 Å². The van der Waals surface area contributed by atoms with Gasteiger partial charge in [0.05, 0.1) is 4.88 Å². The van der Waals surface area contributed by atoms with Gasteiger partial charge in [-0.15, -0.1) is 11.3 Å². The van der Waals surface area contributed by atoms with Crippen molar-refractivity contribution < 1.29 is 19.1 Å². The van der Waals surface area contributed by atoms with Crippen molar-refractivity contribution in [2.24, 2.45) is 0 Å². The first-order valence-electron chi connectivity index (χ1n) is 9.01. The summed E-state index contributed by atoms with van der Waals surface area (Å²) in [6.45, 7) is 1.18. The molecule has 3 rings (SSSR count). The number of carbonyl (C=O) groups excluding carboxylic acids is 3. The average Bonchev–Trinajstić information content (AvgIpc) is 3.28. The van der Waals surface area contributed by atoms with Crippen LogP contribution in [0, 0.1) is 0 Å². The lowest BCUT2D eigenvalue weighted by molar-refractivity contribution is -0.152. The fraction of sp³-hybridized carbons (Fsp3) is 0.136. The largest absolute Gasteiger partial charge is 0.451 e. The van der Waals surface area contributed by atoms with Crippen molar-refractivity contribution in [3.63, 3.8) is 0 Å². The SMILES string of the molecule is C[C@@H](OC(=O)CNC(=O)c1cccs1)C(=O)Nc1ccccc1-c1ccccc1. The van der Waals surface area contributed by atoms with E-state index < -0.39 is 18.0 Å². The number of benzene rings is 2. The van der Waals surface area contributed by atoms with Gasteiger partial charge in [-0.05, 0) is 30.0 Å². The molecule has 0 bridgehead atoms. The summed E-state index contributed by atoms with van der Waals surface area (Å²) in [5, 5.41) is 7.04. The molecule has 0 aliphatic carbocycles. The van der Waals surface area contributed by atoms with Crippen LogP contribution in [0.5, 0.6) is 0 Å². The van der Waals surface area contributed by atoms with Gasteiger partial charge in [-0.3, -0.25) is 14.4 Å². The maximum Gasteiger partial charge on any atom is 0.326 e. The van der Waals surface area contributed by atoms with Gasteiger partial charge in [0.15, 0.2) is 6.10 Å². The van der Waals surface area contributed by atoms with Gasteiger partial charge in [0.25, 0.3) is 11.8 Å². The number of rotatable bonds is 7. The Bertz CT molecular complexity index is 987. The zero-order chi connectivity index (χ0) is 20.6. The molecule has 0 unspecified atom stereocenters. The lowest BCUT2D eigenvalue weighted by Crippen LogP contribution is -2.35. The van der Waals surface area contributed by atoms with Gasteiger partial charge >= 0.3 is 5.97 Å². The predicted molar refractivity (Wildman–Crippen MR) is 113 cm³/mol. The third kappa shape index (κ3) is 5.52. The first kappa shape index (κ1) is 20.3. The van der Waals surface area contributed by atoms with Crippen molar-refractivity contribution in [1.82, 2.24) is 5.32 Å². The Morgan fingerprint density at radius 3 is 2.41 bits per heavy atom. The zero-order valence-electron chi connectivity index (χ0n) is 15.8. The quantitative estimate of drug-likeness (QED) is 0.584. The Morgan fingerprint density at radius 2 is 1.69 bits per heavy atom. The molecule has 0 radical (unpaired) electrons. The number of amides is 2. The minimum Gasteiger partial charge on any atom is -0.451 e. The summed E-state index contributed by atoms with van der Waals surface area (Å²) >= 11 is 1.27. The van der Waals surface area contributed by atoms with Gasteiger partial charge in [-0.25, -0.2) is 0 Å². The summed E-state index contributed by atoms with van der Waals surface area (Å²) in [5.41, 5.74) is 2.45. The minimum atomic E-state index is -1.01. The summed E-state index contributed by atoms with van der Waals surface area (Å²) < 4.78 is 5.14. The molecule has 0 saturated carbocycles. The normalized spacial score (nSPS) is 11.3. The highest BCUT2D eigenvalue weighted by molar-refractivity contribution is 7.12. The van der Waals surface area contributed by atoms with Crippen LogP contribution in [-0.4, -0.2) is 30.4 Å². The standard InChI is InChI=1S/C22H20N2O4S/c1-15(28-20(25)14-23-22(27)19-12-7-13-29-19)21(26)24-18-11-6-5-10-17(18)16-8-3-2-4-9-16/h2-13,15H,14H2,1H3,(H,23,27)(H,24,26)/t15-/m1/s1. The number of carbonyl (C=O) groups is 3. The summed E-state index contributed by atoms with van der Waals surface area (Å²) in [7, 11) is 0. The lowest BCUT2D eigenvalue weighted by atomic mass is 10.0. The maximum absolute atomic E-state index is 12.5. The van der Waals surface area contributed by atoms with Gasteiger partial charge in [0, 0.05) is 11.3 Å². The van der Waals surface area contributed by atoms with Gasteiger partial charge in [0.2, 0.25) is 0 Å². The van der Waals surface area contributed by atoms with E-state index in [1.54, 1.807) is 23.6 Å². The minimum absolute atomic E-state index is 0.311. The molecule has 2 aromatic carbocycles. The summed E-state index contributed by atoms with van der Waals surface area (Å²) in [6.07, 6.45) is -1.01. The van der Waals surface area contributed by atoms with Crippen molar-refractivity contribution in [3.05, 3.63) is 77.0 Å². The number of hydrogen-bond donors (Lipinski definition) is 2. The van der Waals surface area contributed by atoms with Crippen LogP contribution in [0.15, 0.2) is 72.1 Å². The van der Waals surface area contributed by atoms with Gasteiger partial charge in [-0.2, -0.15) is 0 Å². The van der Waals surface area contributed by atoms with E-state index in [9.17, 15) is 14.4 Å². The Kier molecular flexibility index (Phi) is 6.76. The van der Waals surface area contributed by atoms with Gasteiger partial charge < -0.3 is 15.4 Å². The van der Waals surface area contributed by atoms with Crippen LogP contribution in [-0.2, 0) is 14.3 Å². The molecule has 6 nitrogen and oxygen atoms in total. The second-order valence-corrected chi connectivity index (χ2v) is 7.14. The van der Waals surface area contributed by atoms with Crippen LogP contribution >= 0.6 is 11.3 Å². The van der Waals surface area contributed by atoms with Crippen LogP contribution in [0.2, 0.25) is 0 Å². The number of para-hydroxylation sites is 1. The summed E-state index contributed by atoms with van der Waals surface area (Å²) in [4.78, 5) is 36.8. The predicted octanol–water partition coefficient (Wildman–Crippen LogP) is 3.72. The summed E-state index contributed by atoms with van der Waals surface area (Å²) in [6, 6.07) is 20.5. The molecule has 0 saturated heterocycles. The molecule has 0 spiro atoms.